The second kappa shape index (κ2) is 6.67. The fourth-order valence-electron chi connectivity index (χ4n) is 1.04. The van der Waals surface area contributed by atoms with E-state index in [1.165, 1.54) is 0 Å². The molecular formula is C10H17F2N5S. The van der Waals surface area contributed by atoms with Crippen molar-refractivity contribution in [2.75, 3.05) is 17.7 Å². The van der Waals surface area contributed by atoms with Gasteiger partial charge in [0.25, 0.3) is 5.76 Å². The molecule has 0 radical (unpaired) electrons. The van der Waals surface area contributed by atoms with Crippen molar-refractivity contribution in [3.63, 3.8) is 0 Å². The van der Waals surface area contributed by atoms with Crippen LogP contribution < -0.4 is 10.6 Å². The molecule has 8 heteroatoms. The molecule has 0 aliphatic carbocycles. The van der Waals surface area contributed by atoms with Crippen LogP contribution in [-0.4, -0.2) is 33.8 Å². The van der Waals surface area contributed by atoms with E-state index in [1.54, 1.807) is 7.05 Å². The molecule has 0 spiro atoms. The Morgan fingerprint density at radius 2 is 1.67 bits per heavy atom. The lowest BCUT2D eigenvalue weighted by atomic mass is 10.1. The van der Waals surface area contributed by atoms with Crippen molar-refractivity contribution >= 4 is 23.7 Å². The van der Waals surface area contributed by atoms with E-state index in [0.717, 1.165) is 0 Å². The van der Waals surface area contributed by atoms with Crippen LogP contribution in [0.25, 0.3) is 0 Å². The van der Waals surface area contributed by atoms with Crippen molar-refractivity contribution in [3.8, 4) is 0 Å². The molecule has 2 N–H and O–H groups in total. The number of hydrogen-bond acceptors (Lipinski definition) is 6. The average Bonchev–Trinajstić information content (AvgIpc) is 2.27. The Hall–Kier alpha value is -1.18. The molecule has 1 atom stereocenters. The number of alkyl halides is 2. The van der Waals surface area contributed by atoms with Gasteiger partial charge in [0.05, 0.1) is 0 Å². The molecule has 1 aromatic heterocycles. The zero-order chi connectivity index (χ0) is 13.7. The quantitative estimate of drug-likeness (QED) is 0.780. The molecule has 1 aromatic rings. The molecule has 0 aromatic carbocycles. The molecule has 18 heavy (non-hydrogen) atoms. The van der Waals surface area contributed by atoms with Crippen LogP contribution in [0.5, 0.6) is 0 Å². The van der Waals surface area contributed by atoms with Crippen LogP contribution >= 0.6 is 11.8 Å². The Labute approximate surface area is 109 Å². The summed E-state index contributed by atoms with van der Waals surface area (Å²) in [6.45, 7) is 6.08. The topological polar surface area (TPSA) is 62.7 Å². The molecule has 1 heterocycles. The Morgan fingerprint density at radius 3 is 2.17 bits per heavy atom. The second-order valence-electron chi connectivity index (χ2n) is 4.07. The SMILES string of the molecule is CNc1nc(NC(C)C(C)C)nc(SC(F)F)n1. The number of halogens is 2. The van der Waals surface area contributed by atoms with Crippen LogP contribution in [0.15, 0.2) is 5.16 Å². The Bertz CT molecular complexity index is 389. The van der Waals surface area contributed by atoms with Crippen molar-refractivity contribution in [1.29, 1.82) is 0 Å². The van der Waals surface area contributed by atoms with Crippen LogP contribution in [0.2, 0.25) is 0 Å². The summed E-state index contributed by atoms with van der Waals surface area (Å²) in [5.41, 5.74) is 0. The largest absolute Gasteiger partial charge is 0.357 e. The molecule has 1 unspecified atom stereocenters. The van der Waals surface area contributed by atoms with Gasteiger partial charge in [-0.25, -0.2) is 0 Å². The maximum absolute atomic E-state index is 12.3. The lowest BCUT2D eigenvalue weighted by Gasteiger charge is -2.17. The summed E-state index contributed by atoms with van der Waals surface area (Å²) in [6.07, 6.45) is 0. The van der Waals surface area contributed by atoms with E-state index < -0.39 is 5.76 Å². The molecule has 5 nitrogen and oxygen atoms in total. The van der Waals surface area contributed by atoms with E-state index in [4.69, 9.17) is 0 Å². The van der Waals surface area contributed by atoms with Crippen LogP contribution in [0, 0.1) is 5.92 Å². The second-order valence-corrected chi connectivity index (χ2v) is 5.03. The number of rotatable bonds is 6. The van der Waals surface area contributed by atoms with E-state index in [0.29, 0.717) is 23.6 Å². The summed E-state index contributed by atoms with van der Waals surface area (Å²) in [6, 6.07) is 0.140. The Balaban J connectivity index is 2.89. The van der Waals surface area contributed by atoms with Gasteiger partial charge < -0.3 is 10.6 Å². The van der Waals surface area contributed by atoms with E-state index >= 15 is 0 Å². The maximum atomic E-state index is 12.3. The van der Waals surface area contributed by atoms with Gasteiger partial charge in [-0.1, -0.05) is 13.8 Å². The highest BCUT2D eigenvalue weighted by Gasteiger charge is 2.14. The molecule has 102 valence electrons. The molecule has 0 saturated carbocycles. The summed E-state index contributed by atoms with van der Waals surface area (Å²) in [4.78, 5) is 11.9. The molecule has 0 aliphatic heterocycles. The highest BCUT2D eigenvalue weighted by atomic mass is 32.2. The van der Waals surface area contributed by atoms with Crippen LogP contribution in [0.3, 0.4) is 0 Å². The zero-order valence-corrected chi connectivity index (χ0v) is 11.6. The standard InChI is InChI=1S/C10H17F2N5S/c1-5(2)6(3)14-9-15-8(13-4)16-10(17-9)18-7(11)12/h5-7H,1-4H3,(H2,13,14,15,16,17). The Kier molecular flexibility index (Phi) is 5.52. The van der Waals surface area contributed by atoms with Crippen LogP contribution in [0.1, 0.15) is 20.8 Å². The van der Waals surface area contributed by atoms with E-state index in [1.807, 2.05) is 20.8 Å². The van der Waals surface area contributed by atoms with E-state index in [-0.39, 0.29) is 17.1 Å². The van der Waals surface area contributed by atoms with Gasteiger partial charge in [-0.3, -0.25) is 0 Å². The van der Waals surface area contributed by atoms with E-state index in [9.17, 15) is 8.78 Å². The van der Waals surface area contributed by atoms with E-state index in [2.05, 4.69) is 25.6 Å². The fourth-order valence-corrected chi connectivity index (χ4v) is 1.47. The number of nitrogens with one attached hydrogen (secondary N) is 2. The molecular weight excluding hydrogens is 260 g/mol. The molecule has 0 saturated heterocycles. The van der Waals surface area contributed by atoms with Gasteiger partial charge in [0.1, 0.15) is 0 Å². The average molecular weight is 277 g/mol. The summed E-state index contributed by atoms with van der Waals surface area (Å²) >= 11 is 0.302. The number of anilines is 2. The number of thioether (sulfide) groups is 1. The summed E-state index contributed by atoms with van der Waals surface area (Å²) < 4.78 is 24.6. The van der Waals surface area contributed by atoms with Gasteiger partial charge in [-0.15, -0.1) is 0 Å². The molecule has 0 aliphatic rings. The molecule has 1 rings (SSSR count). The lowest BCUT2D eigenvalue weighted by molar-refractivity contribution is 0.251. The third-order valence-electron chi connectivity index (χ3n) is 2.39. The smallest absolute Gasteiger partial charge is 0.291 e. The first kappa shape index (κ1) is 14.9. The summed E-state index contributed by atoms with van der Waals surface area (Å²) in [5, 5.41) is 5.79. The predicted molar refractivity (Wildman–Crippen MR) is 69.2 cm³/mol. The van der Waals surface area contributed by atoms with Gasteiger partial charge in [-0.2, -0.15) is 23.7 Å². The maximum Gasteiger partial charge on any atom is 0.291 e. The van der Waals surface area contributed by atoms with Crippen LogP contribution in [-0.2, 0) is 0 Å². The summed E-state index contributed by atoms with van der Waals surface area (Å²) in [7, 11) is 1.63. The minimum Gasteiger partial charge on any atom is -0.357 e. The van der Waals surface area contributed by atoms with Crippen LogP contribution in [0.4, 0.5) is 20.7 Å². The number of aromatic nitrogens is 3. The fraction of sp³-hybridized carbons (Fsp3) is 0.700. The first-order valence-corrected chi connectivity index (χ1v) is 6.45. The molecule has 0 amide bonds. The summed E-state index contributed by atoms with van der Waals surface area (Å²) in [5.74, 6) is -1.59. The van der Waals surface area contributed by atoms with Crippen molar-refractivity contribution < 1.29 is 8.78 Å². The third kappa shape index (κ3) is 4.59. The van der Waals surface area contributed by atoms with Gasteiger partial charge in [0.2, 0.25) is 11.9 Å². The lowest BCUT2D eigenvalue weighted by Crippen LogP contribution is -2.23. The van der Waals surface area contributed by atoms with Crippen molar-refractivity contribution in [3.05, 3.63) is 0 Å². The third-order valence-corrected chi connectivity index (χ3v) is 2.96. The molecule has 0 bridgehead atoms. The minimum atomic E-state index is -2.55. The Morgan fingerprint density at radius 1 is 1.06 bits per heavy atom. The van der Waals surface area contributed by atoms with Gasteiger partial charge in [0, 0.05) is 13.1 Å². The monoisotopic (exact) mass is 277 g/mol. The highest BCUT2D eigenvalue weighted by molar-refractivity contribution is 7.99. The number of nitrogens with zero attached hydrogens (tertiary/aromatic N) is 3. The van der Waals surface area contributed by atoms with Crippen molar-refractivity contribution in [2.45, 2.75) is 37.7 Å². The molecule has 0 fully saturated rings. The van der Waals surface area contributed by atoms with Gasteiger partial charge in [-0.05, 0) is 24.6 Å². The van der Waals surface area contributed by atoms with Crippen molar-refractivity contribution in [1.82, 2.24) is 15.0 Å². The first-order valence-electron chi connectivity index (χ1n) is 5.57. The van der Waals surface area contributed by atoms with Crippen molar-refractivity contribution in [2.24, 2.45) is 5.92 Å². The predicted octanol–water partition coefficient (Wildman–Crippen LogP) is 2.68. The zero-order valence-electron chi connectivity index (χ0n) is 10.7. The normalized spacial score (nSPS) is 12.9. The van der Waals surface area contributed by atoms with Gasteiger partial charge in [0.15, 0.2) is 5.16 Å². The number of hydrogen-bond donors (Lipinski definition) is 2. The van der Waals surface area contributed by atoms with Gasteiger partial charge >= 0.3 is 0 Å². The first-order chi connectivity index (χ1) is 8.42. The minimum absolute atomic E-state index is 0.00260. The highest BCUT2D eigenvalue weighted by Crippen LogP contribution is 2.23.